The summed E-state index contributed by atoms with van der Waals surface area (Å²) in [5.74, 6) is -0.343. The van der Waals surface area contributed by atoms with Crippen LogP contribution in [0.1, 0.15) is 23.1 Å². The standard InChI is InChI=1S/C23H26N4O6/c1-13-5-8-20(33-4)17(9-13)23(26-12-15(28)11-19(26)21(29)25(2)3)16-10-14(27(31)32)6-7-18(16)24-22(23)30/h5-10,15,19,28H,11-12H2,1-4H3,(H,24,30)/t15-,19+,23?/m1/s1. The van der Waals surface area contributed by atoms with Gasteiger partial charge in [-0.15, -0.1) is 0 Å². The first-order chi connectivity index (χ1) is 15.6. The van der Waals surface area contributed by atoms with Gasteiger partial charge in [-0.1, -0.05) is 11.6 Å². The quantitative estimate of drug-likeness (QED) is 0.520. The van der Waals surface area contributed by atoms with Crippen LogP contribution >= 0.6 is 0 Å². The van der Waals surface area contributed by atoms with Gasteiger partial charge in [-0.2, -0.15) is 0 Å². The fourth-order valence-electron chi connectivity index (χ4n) is 4.92. The first kappa shape index (κ1) is 22.7. The number of nitrogens with one attached hydrogen (secondary N) is 1. The van der Waals surface area contributed by atoms with Crippen LogP contribution in [0.4, 0.5) is 11.4 Å². The Morgan fingerprint density at radius 2 is 2.00 bits per heavy atom. The number of aliphatic hydroxyl groups is 1. The van der Waals surface area contributed by atoms with Crippen LogP contribution in [-0.2, 0) is 15.1 Å². The highest BCUT2D eigenvalue weighted by atomic mass is 16.6. The third-order valence-corrected chi connectivity index (χ3v) is 6.36. The normalized spacial score (nSPS) is 24.3. The molecule has 2 amide bonds. The van der Waals surface area contributed by atoms with E-state index < -0.39 is 28.5 Å². The summed E-state index contributed by atoms with van der Waals surface area (Å²) in [5, 5.41) is 25.0. The lowest BCUT2D eigenvalue weighted by Crippen LogP contribution is -2.57. The molecule has 33 heavy (non-hydrogen) atoms. The fraction of sp³-hybridized carbons (Fsp3) is 0.391. The van der Waals surface area contributed by atoms with E-state index in [0.29, 0.717) is 22.6 Å². The largest absolute Gasteiger partial charge is 0.496 e. The minimum Gasteiger partial charge on any atom is -0.496 e. The molecule has 174 valence electrons. The van der Waals surface area contributed by atoms with Gasteiger partial charge in [-0.25, -0.2) is 0 Å². The van der Waals surface area contributed by atoms with Crippen molar-refractivity contribution in [1.82, 2.24) is 9.80 Å². The summed E-state index contributed by atoms with van der Waals surface area (Å²) in [4.78, 5) is 41.2. The maximum absolute atomic E-state index is 13.9. The molecule has 0 radical (unpaired) electrons. The number of non-ortho nitro benzene ring substituents is 1. The van der Waals surface area contributed by atoms with E-state index in [1.165, 1.54) is 30.2 Å². The smallest absolute Gasteiger partial charge is 0.269 e. The minimum atomic E-state index is -1.62. The van der Waals surface area contributed by atoms with Gasteiger partial charge >= 0.3 is 0 Å². The number of likely N-dealkylation sites (N-methyl/N-ethyl adjacent to an activating group) is 1. The SMILES string of the molecule is COc1ccc(C)cc1C1(N2C[C@H](O)C[C@H]2C(=O)N(C)C)C(=O)Nc2ccc([N+](=O)[O-])cc21. The summed E-state index contributed by atoms with van der Waals surface area (Å²) in [6.45, 7) is 1.88. The lowest BCUT2D eigenvalue weighted by atomic mass is 9.80. The number of ether oxygens (including phenoxy) is 1. The zero-order chi connectivity index (χ0) is 24.1. The van der Waals surface area contributed by atoms with Crippen LogP contribution in [0.15, 0.2) is 36.4 Å². The van der Waals surface area contributed by atoms with Crippen molar-refractivity contribution in [1.29, 1.82) is 0 Å². The number of anilines is 1. The van der Waals surface area contributed by atoms with Crippen LogP contribution in [-0.4, -0.2) is 71.5 Å². The molecule has 1 fully saturated rings. The summed E-state index contributed by atoms with van der Waals surface area (Å²) >= 11 is 0. The number of carbonyl (C=O) groups excluding carboxylic acids is 2. The molecule has 1 saturated heterocycles. The summed E-state index contributed by atoms with van der Waals surface area (Å²) < 4.78 is 5.61. The van der Waals surface area contributed by atoms with E-state index in [-0.39, 0.29) is 24.6 Å². The number of rotatable bonds is 5. The van der Waals surface area contributed by atoms with Crippen molar-refractivity contribution in [3.63, 3.8) is 0 Å². The number of nitro groups is 1. The highest BCUT2D eigenvalue weighted by Gasteiger charge is 2.59. The van der Waals surface area contributed by atoms with Crippen LogP contribution in [0.3, 0.4) is 0 Å². The van der Waals surface area contributed by atoms with Gasteiger partial charge in [0.15, 0.2) is 5.54 Å². The molecule has 2 aliphatic rings. The van der Waals surface area contributed by atoms with E-state index in [0.717, 1.165) is 5.56 Å². The number of nitrogens with zero attached hydrogens (tertiary/aromatic N) is 3. The molecule has 3 atom stereocenters. The van der Waals surface area contributed by atoms with Gasteiger partial charge in [-0.05, 0) is 31.5 Å². The number of hydrogen-bond acceptors (Lipinski definition) is 7. The second-order valence-electron chi connectivity index (χ2n) is 8.65. The summed E-state index contributed by atoms with van der Waals surface area (Å²) in [5.41, 5.74) is 0.242. The zero-order valence-corrected chi connectivity index (χ0v) is 18.9. The maximum Gasteiger partial charge on any atom is 0.269 e. The number of methoxy groups -OCH3 is 1. The highest BCUT2D eigenvalue weighted by Crippen LogP contribution is 2.51. The molecule has 10 heteroatoms. The average Bonchev–Trinajstić information content (AvgIpc) is 3.29. The molecule has 0 saturated carbocycles. The van der Waals surface area contributed by atoms with Crippen LogP contribution < -0.4 is 10.1 Å². The number of benzene rings is 2. The first-order valence-corrected chi connectivity index (χ1v) is 10.5. The van der Waals surface area contributed by atoms with Crippen molar-refractivity contribution in [2.45, 2.75) is 31.0 Å². The van der Waals surface area contributed by atoms with Gasteiger partial charge < -0.3 is 20.1 Å². The predicted molar refractivity (Wildman–Crippen MR) is 120 cm³/mol. The Hall–Kier alpha value is -3.50. The topological polar surface area (TPSA) is 125 Å². The number of β-amino-alcohol motifs (C(OH)–C–C–N with tert-alkyl or cyclic N) is 1. The maximum atomic E-state index is 13.9. The number of amides is 2. The number of fused-ring (bicyclic) bond motifs is 1. The van der Waals surface area contributed by atoms with Crippen LogP contribution in [0, 0.1) is 17.0 Å². The van der Waals surface area contributed by atoms with Crippen molar-refractivity contribution in [2.24, 2.45) is 0 Å². The number of likely N-dealkylation sites (tertiary alicyclic amines) is 1. The van der Waals surface area contributed by atoms with Gasteiger partial charge in [0.2, 0.25) is 5.91 Å². The number of nitro benzene ring substituents is 1. The van der Waals surface area contributed by atoms with Gasteiger partial charge in [-0.3, -0.25) is 24.6 Å². The Kier molecular flexibility index (Phi) is 5.59. The van der Waals surface area contributed by atoms with E-state index >= 15 is 0 Å². The molecule has 0 aromatic heterocycles. The van der Waals surface area contributed by atoms with Crippen molar-refractivity contribution >= 4 is 23.2 Å². The number of carbonyl (C=O) groups is 2. The van der Waals surface area contributed by atoms with E-state index in [1.54, 1.807) is 31.1 Å². The molecule has 0 bridgehead atoms. The van der Waals surface area contributed by atoms with E-state index in [1.807, 2.05) is 13.0 Å². The van der Waals surface area contributed by atoms with Gasteiger partial charge in [0, 0.05) is 49.6 Å². The lowest BCUT2D eigenvalue weighted by molar-refractivity contribution is -0.384. The van der Waals surface area contributed by atoms with Crippen LogP contribution in [0.5, 0.6) is 5.75 Å². The third kappa shape index (κ3) is 3.42. The molecular weight excluding hydrogens is 428 g/mol. The van der Waals surface area contributed by atoms with Crippen molar-refractivity contribution in [3.8, 4) is 5.75 Å². The first-order valence-electron chi connectivity index (χ1n) is 10.5. The van der Waals surface area contributed by atoms with Crippen molar-refractivity contribution in [3.05, 3.63) is 63.2 Å². The van der Waals surface area contributed by atoms with E-state index in [9.17, 15) is 24.8 Å². The number of aliphatic hydroxyl groups excluding tert-OH is 1. The fourth-order valence-corrected chi connectivity index (χ4v) is 4.92. The second-order valence-corrected chi connectivity index (χ2v) is 8.65. The zero-order valence-electron chi connectivity index (χ0n) is 18.9. The molecule has 4 rings (SSSR count). The molecule has 2 aromatic carbocycles. The molecule has 2 heterocycles. The van der Waals surface area contributed by atoms with Gasteiger partial charge in [0.1, 0.15) is 5.75 Å². The Morgan fingerprint density at radius 1 is 1.27 bits per heavy atom. The Labute approximate surface area is 190 Å². The van der Waals surface area contributed by atoms with Gasteiger partial charge in [0.05, 0.1) is 24.2 Å². The molecule has 2 aliphatic heterocycles. The van der Waals surface area contributed by atoms with Gasteiger partial charge in [0.25, 0.3) is 11.6 Å². The monoisotopic (exact) mass is 454 g/mol. The molecule has 0 aliphatic carbocycles. The van der Waals surface area contributed by atoms with Crippen molar-refractivity contribution in [2.75, 3.05) is 33.1 Å². The molecular formula is C23H26N4O6. The molecule has 1 unspecified atom stereocenters. The average molecular weight is 454 g/mol. The second kappa shape index (κ2) is 8.13. The number of aryl methyl sites for hydroxylation is 1. The lowest BCUT2D eigenvalue weighted by Gasteiger charge is -2.41. The molecule has 2 aromatic rings. The predicted octanol–water partition coefficient (Wildman–Crippen LogP) is 1.63. The molecule has 2 N–H and O–H groups in total. The number of hydrogen-bond donors (Lipinski definition) is 2. The highest BCUT2D eigenvalue weighted by molar-refractivity contribution is 6.09. The molecule has 10 nitrogen and oxygen atoms in total. The van der Waals surface area contributed by atoms with E-state index in [4.69, 9.17) is 4.74 Å². The Morgan fingerprint density at radius 3 is 2.64 bits per heavy atom. The Balaban J connectivity index is 2.08. The molecule has 0 spiro atoms. The summed E-state index contributed by atoms with van der Waals surface area (Å²) in [6.07, 6.45) is -0.730. The Bertz CT molecular complexity index is 1150. The summed E-state index contributed by atoms with van der Waals surface area (Å²) in [7, 11) is 4.70. The van der Waals surface area contributed by atoms with E-state index in [2.05, 4.69) is 5.32 Å². The van der Waals surface area contributed by atoms with Crippen molar-refractivity contribution < 1.29 is 24.4 Å². The third-order valence-electron chi connectivity index (χ3n) is 6.36. The minimum absolute atomic E-state index is 0.0247. The van der Waals surface area contributed by atoms with Crippen LogP contribution in [0.2, 0.25) is 0 Å². The van der Waals surface area contributed by atoms with Crippen LogP contribution in [0.25, 0.3) is 0 Å². The summed E-state index contributed by atoms with van der Waals surface area (Å²) in [6, 6.07) is 8.69.